The molecular formula is C22H34N6O4SSi. The molecule has 1 aliphatic rings. The fraction of sp³-hybridized carbons (Fsp3) is 0.591. The fourth-order valence-electron chi connectivity index (χ4n) is 4.01. The normalized spacial score (nSPS) is 18.8. The van der Waals surface area contributed by atoms with E-state index in [0.717, 1.165) is 34.9 Å². The van der Waals surface area contributed by atoms with E-state index in [0.29, 0.717) is 31.9 Å². The first-order valence-corrected chi connectivity index (χ1v) is 17.1. The molecule has 0 spiro atoms. The third kappa shape index (κ3) is 6.04. The van der Waals surface area contributed by atoms with Crippen LogP contribution in [0.5, 0.6) is 0 Å². The van der Waals surface area contributed by atoms with E-state index in [-0.39, 0.29) is 17.8 Å². The van der Waals surface area contributed by atoms with Gasteiger partial charge >= 0.3 is 0 Å². The fourth-order valence-corrected chi connectivity index (χ4v) is 6.12. The molecule has 1 fully saturated rings. The molecule has 34 heavy (non-hydrogen) atoms. The first-order valence-electron chi connectivity index (χ1n) is 11.7. The number of anilines is 1. The van der Waals surface area contributed by atoms with Crippen LogP contribution >= 0.6 is 0 Å². The Labute approximate surface area is 201 Å². The molecule has 2 N–H and O–H groups in total. The van der Waals surface area contributed by atoms with Gasteiger partial charge in [0.05, 0.1) is 17.0 Å². The highest BCUT2D eigenvalue weighted by atomic mass is 32.2. The summed E-state index contributed by atoms with van der Waals surface area (Å²) < 4.78 is 40.3. The molecular weight excluding hydrogens is 472 g/mol. The third-order valence-corrected chi connectivity index (χ3v) is 9.25. The molecule has 0 aromatic carbocycles. The maximum Gasteiger partial charge on any atom is 0.251 e. The van der Waals surface area contributed by atoms with Crippen LogP contribution in [0.3, 0.4) is 0 Å². The summed E-state index contributed by atoms with van der Waals surface area (Å²) in [5.41, 5.74) is 2.38. The van der Waals surface area contributed by atoms with Gasteiger partial charge in [-0.25, -0.2) is 18.1 Å². The number of rotatable bonds is 12. The maximum atomic E-state index is 12.1. The number of pyridine rings is 1. The van der Waals surface area contributed by atoms with E-state index in [1.54, 1.807) is 6.20 Å². The van der Waals surface area contributed by atoms with E-state index in [1.165, 1.54) is 6.39 Å². The molecule has 0 bridgehead atoms. The van der Waals surface area contributed by atoms with Crippen molar-refractivity contribution < 1.29 is 17.6 Å². The van der Waals surface area contributed by atoms with Crippen LogP contribution in [0.1, 0.15) is 26.2 Å². The highest BCUT2D eigenvalue weighted by Gasteiger charge is 2.33. The summed E-state index contributed by atoms with van der Waals surface area (Å²) >= 11 is 0. The average Bonchev–Trinajstić information content (AvgIpc) is 3.39. The van der Waals surface area contributed by atoms with E-state index in [1.807, 2.05) is 23.8 Å². The molecule has 3 aromatic rings. The van der Waals surface area contributed by atoms with Crippen LogP contribution in [-0.2, 0) is 21.5 Å². The van der Waals surface area contributed by atoms with Crippen LogP contribution in [0.4, 0.5) is 5.69 Å². The smallest absolute Gasteiger partial charge is 0.251 e. The Morgan fingerprint density at radius 2 is 2.06 bits per heavy atom. The van der Waals surface area contributed by atoms with Gasteiger partial charge in [-0.3, -0.25) is 0 Å². The monoisotopic (exact) mass is 506 g/mol. The molecule has 3 heterocycles. The zero-order chi connectivity index (χ0) is 24.3. The van der Waals surface area contributed by atoms with E-state index in [2.05, 4.69) is 44.9 Å². The number of fused-ring (bicyclic) bond motifs is 1. The number of sulfonamides is 1. The lowest BCUT2D eigenvalue weighted by Crippen LogP contribution is -2.50. The van der Waals surface area contributed by atoms with Crippen LogP contribution < -0.4 is 10.0 Å². The molecule has 12 heteroatoms. The molecule has 1 saturated carbocycles. The summed E-state index contributed by atoms with van der Waals surface area (Å²) in [7, 11) is -4.37. The number of hydrogen-bond acceptors (Lipinski definition) is 8. The molecule has 10 nitrogen and oxygen atoms in total. The molecule has 0 unspecified atom stereocenters. The molecule has 0 amide bonds. The second-order valence-electron chi connectivity index (χ2n) is 10.1. The minimum Gasteiger partial charge on any atom is -0.423 e. The molecule has 3 aromatic heterocycles. The Morgan fingerprint density at radius 3 is 2.74 bits per heavy atom. The predicted octanol–water partition coefficient (Wildman–Crippen LogP) is 3.67. The Bertz CT molecular complexity index is 1200. The maximum absolute atomic E-state index is 12.1. The van der Waals surface area contributed by atoms with Crippen LogP contribution in [0, 0.1) is 0 Å². The molecule has 186 valence electrons. The Balaban J connectivity index is 1.50. The number of ether oxygens (including phenoxy) is 1. The molecule has 0 saturated heterocycles. The summed E-state index contributed by atoms with van der Waals surface area (Å²) in [6.45, 7) is 10.0. The van der Waals surface area contributed by atoms with E-state index >= 15 is 0 Å². The minimum atomic E-state index is -3.22. The second kappa shape index (κ2) is 10.1. The summed E-state index contributed by atoms with van der Waals surface area (Å²) in [5.74, 6) is 0.539. The Kier molecular flexibility index (Phi) is 7.41. The van der Waals surface area contributed by atoms with Gasteiger partial charge in [0.25, 0.3) is 5.89 Å². The summed E-state index contributed by atoms with van der Waals surface area (Å²) in [6.07, 6.45) is 7.01. The van der Waals surface area contributed by atoms with Gasteiger partial charge in [-0.05, 0) is 31.4 Å². The molecule has 0 radical (unpaired) electrons. The molecule has 1 aliphatic carbocycles. The SMILES string of the molecule is CCCS(=O)(=O)NC1CC(Nc2c(-c3nnco3)cnc3c2ccn3COCC[Si](C)(C)C)C1. The molecule has 0 aliphatic heterocycles. The summed E-state index contributed by atoms with van der Waals surface area (Å²) in [4.78, 5) is 4.65. The van der Waals surface area contributed by atoms with E-state index in [9.17, 15) is 8.42 Å². The van der Waals surface area contributed by atoms with Gasteiger partial charge in [0.2, 0.25) is 16.4 Å². The lowest BCUT2D eigenvalue weighted by atomic mass is 9.87. The van der Waals surface area contributed by atoms with E-state index < -0.39 is 18.1 Å². The van der Waals surface area contributed by atoms with Gasteiger partial charge in [0, 0.05) is 44.5 Å². The second-order valence-corrected chi connectivity index (χ2v) is 17.6. The zero-order valence-electron chi connectivity index (χ0n) is 20.2. The lowest BCUT2D eigenvalue weighted by molar-refractivity contribution is 0.0899. The minimum absolute atomic E-state index is 0.0532. The van der Waals surface area contributed by atoms with Crippen LogP contribution in [0.15, 0.2) is 29.3 Å². The first-order chi connectivity index (χ1) is 16.1. The van der Waals surface area contributed by atoms with Crippen molar-refractivity contribution in [3.8, 4) is 11.5 Å². The van der Waals surface area contributed by atoms with Crippen molar-refractivity contribution in [3.63, 3.8) is 0 Å². The van der Waals surface area contributed by atoms with Gasteiger partial charge in [-0.1, -0.05) is 26.6 Å². The highest BCUT2D eigenvalue weighted by Crippen LogP contribution is 2.36. The van der Waals surface area contributed by atoms with E-state index in [4.69, 9.17) is 9.15 Å². The standard InChI is InChI=1S/C22H34N6O4SSi/c1-5-9-33(29,30)27-17-11-16(12-17)25-20-18-6-7-28(15-31-8-10-34(2,3)4)21(18)23-13-19(20)22-26-24-14-32-22/h6-7,13-14,16-17,27H,5,8-12,15H2,1-4H3,(H,23,25). The van der Waals surface area contributed by atoms with Crippen molar-refractivity contribution in [2.75, 3.05) is 17.7 Å². The van der Waals surface area contributed by atoms with Crippen LogP contribution in [0.25, 0.3) is 22.5 Å². The number of aromatic nitrogens is 4. The molecule has 4 rings (SSSR count). The number of hydrogen-bond donors (Lipinski definition) is 2. The van der Waals surface area contributed by atoms with Crippen molar-refractivity contribution in [2.45, 2.75) is 70.7 Å². The Morgan fingerprint density at radius 1 is 1.26 bits per heavy atom. The number of nitrogens with one attached hydrogen (secondary N) is 2. The van der Waals surface area contributed by atoms with Crippen molar-refractivity contribution in [3.05, 3.63) is 24.9 Å². The van der Waals surface area contributed by atoms with Gasteiger partial charge < -0.3 is 19.0 Å². The molecule has 0 atom stereocenters. The van der Waals surface area contributed by atoms with Gasteiger partial charge in [-0.15, -0.1) is 10.2 Å². The van der Waals surface area contributed by atoms with Gasteiger partial charge in [0.1, 0.15) is 12.4 Å². The zero-order valence-corrected chi connectivity index (χ0v) is 22.1. The van der Waals surface area contributed by atoms with Crippen molar-refractivity contribution in [1.29, 1.82) is 0 Å². The quantitative estimate of drug-likeness (QED) is 0.282. The Hall–Kier alpha value is -2.28. The summed E-state index contributed by atoms with van der Waals surface area (Å²) in [6, 6.07) is 3.19. The first kappa shape index (κ1) is 24.8. The topological polar surface area (TPSA) is 124 Å². The predicted molar refractivity (Wildman–Crippen MR) is 135 cm³/mol. The third-order valence-electron chi connectivity index (χ3n) is 5.91. The summed E-state index contributed by atoms with van der Waals surface area (Å²) in [5, 5.41) is 12.4. The number of nitrogens with zero attached hydrogens (tertiary/aromatic N) is 4. The average molecular weight is 507 g/mol. The lowest BCUT2D eigenvalue weighted by Gasteiger charge is -2.37. The largest absolute Gasteiger partial charge is 0.423 e. The van der Waals surface area contributed by atoms with Gasteiger partial charge in [-0.2, -0.15) is 0 Å². The van der Waals surface area contributed by atoms with Crippen molar-refractivity contribution in [1.82, 2.24) is 24.5 Å². The van der Waals surface area contributed by atoms with Crippen molar-refractivity contribution >= 4 is 34.8 Å². The van der Waals surface area contributed by atoms with Crippen molar-refractivity contribution in [2.24, 2.45) is 0 Å². The van der Waals surface area contributed by atoms with Crippen LogP contribution in [0.2, 0.25) is 25.7 Å². The highest BCUT2D eigenvalue weighted by molar-refractivity contribution is 7.89. The van der Waals surface area contributed by atoms with Crippen LogP contribution in [-0.4, -0.2) is 60.7 Å². The van der Waals surface area contributed by atoms with Gasteiger partial charge in [0.15, 0.2) is 0 Å².